The Kier molecular flexibility index (Phi) is 5.25. The summed E-state index contributed by atoms with van der Waals surface area (Å²) in [5, 5.41) is 5.20. The van der Waals surface area contributed by atoms with Crippen molar-refractivity contribution in [1.82, 2.24) is 9.97 Å². The van der Waals surface area contributed by atoms with E-state index in [2.05, 4.69) is 20.6 Å². The second-order valence-corrected chi connectivity index (χ2v) is 5.91. The summed E-state index contributed by atoms with van der Waals surface area (Å²) in [5.74, 6) is -2.13. The number of benzene rings is 2. The lowest BCUT2D eigenvalue weighted by Gasteiger charge is -2.13. The van der Waals surface area contributed by atoms with Crippen LogP contribution in [0, 0.1) is 11.6 Å². The number of nitrogens with one attached hydrogen (secondary N) is 2. The number of aromatic nitrogens is 2. The second-order valence-electron chi connectivity index (χ2n) is 5.91. The van der Waals surface area contributed by atoms with Gasteiger partial charge in [0.05, 0.1) is 5.56 Å². The van der Waals surface area contributed by atoms with E-state index in [1.807, 2.05) is 43.3 Å². The van der Waals surface area contributed by atoms with Gasteiger partial charge < -0.3 is 15.5 Å². The van der Waals surface area contributed by atoms with Gasteiger partial charge in [0.15, 0.2) is 0 Å². The molecule has 0 saturated carbocycles. The molecule has 0 atom stereocenters. The number of para-hydroxylation sites is 1. The number of rotatable bonds is 5. The van der Waals surface area contributed by atoms with Crippen LogP contribution in [0.4, 0.5) is 31.8 Å². The van der Waals surface area contributed by atoms with Crippen molar-refractivity contribution in [2.45, 2.75) is 0 Å². The first-order valence-electron chi connectivity index (χ1n) is 8.06. The minimum absolute atomic E-state index is 0.0751. The molecule has 0 bridgehead atoms. The first-order chi connectivity index (χ1) is 12.9. The zero-order valence-corrected chi connectivity index (χ0v) is 14.7. The summed E-state index contributed by atoms with van der Waals surface area (Å²) in [6.45, 7) is 0. The highest BCUT2D eigenvalue weighted by Gasteiger charge is 2.14. The maximum atomic E-state index is 13.6. The van der Waals surface area contributed by atoms with Gasteiger partial charge in [-0.1, -0.05) is 6.07 Å². The van der Waals surface area contributed by atoms with Crippen molar-refractivity contribution in [1.29, 1.82) is 0 Å². The van der Waals surface area contributed by atoms with Crippen molar-refractivity contribution < 1.29 is 13.6 Å². The molecule has 27 heavy (non-hydrogen) atoms. The van der Waals surface area contributed by atoms with Crippen molar-refractivity contribution >= 4 is 28.9 Å². The first kappa shape index (κ1) is 18.2. The van der Waals surface area contributed by atoms with E-state index >= 15 is 0 Å². The highest BCUT2D eigenvalue weighted by atomic mass is 19.1. The third-order valence-electron chi connectivity index (χ3n) is 3.76. The predicted octanol–water partition coefficient (Wildman–Crippen LogP) is 3.82. The Balaban J connectivity index is 1.68. The van der Waals surface area contributed by atoms with Crippen LogP contribution in [0.15, 0.2) is 54.9 Å². The minimum Gasteiger partial charge on any atom is -0.378 e. The zero-order valence-electron chi connectivity index (χ0n) is 14.7. The number of amides is 1. The molecular formula is C19H17F2N5O. The van der Waals surface area contributed by atoms with Crippen LogP contribution in [0.5, 0.6) is 0 Å². The standard InChI is InChI=1S/C19H17F2N5O/c1-26(2)14-8-6-13(7-9-14)24-19-22-10-12(11-23-19)18(27)25-17-15(20)4-3-5-16(17)21/h3-11H,1-2H3,(H,25,27)(H,22,23,24). The summed E-state index contributed by atoms with van der Waals surface area (Å²) < 4.78 is 27.2. The Labute approximate surface area is 154 Å². The van der Waals surface area contributed by atoms with Gasteiger partial charge in [-0.05, 0) is 36.4 Å². The monoisotopic (exact) mass is 369 g/mol. The maximum Gasteiger partial charge on any atom is 0.258 e. The van der Waals surface area contributed by atoms with Crippen LogP contribution in [-0.4, -0.2) is 30.0 Å². The Hall–Kier alpha value is -3.55. The summed E-state index contributed by atoms with van der Waals surface area (Å²) >= 11 is 0. The van der Waals surface area contributed by atoms with Gasteiger partial charge in [0.1, 0.15) is 17.3 Å². The number of carbonyl (C=O) groups is 1. The largest absolute Gasteiger partial charge is 0.378 e. The molecule has 0 fully saturated rings. The average Bonchev–Trinajstić information content (AvgIpc) is 2.66. The highest BCUT2D eigenvalue weighted by molar-refractivity contribution is 6.04. The second kappa shape index (κ2) is 7.77. The molecule has 1 heterocycles. The fourth-order valence-electron chi connectivity index (χ4n) is 2.28. The fraction of sp³-hybridized carbons (Fsp3) is 0.105. The molecule has 8 heteroatoms. The molecule has 138 valence electrons. The molecule has 0 spiro atoms. The lowest BCUT2D eigenvalue weighted by Crippen LogP contribution is -2.15. The minimum atomic E-state index is -0.858. The van der Waals surface area contributed by atoms with Crippen LogP contribution in [0.1, 0.15) is 10.4 Å². The van der Waals surface area contributed by atoms with Crippen LogP contribution in [-0.2, 0) is 0 Å². The molecule has 6 nitrogen and oxygen atoms in total. The molecule has 2 aromatic carbocycles. The Morgan fingerprint density at radius 1 is 0.963 bits per heavy atom. The van der Waals surface area contributed by atoms with Crippen LogP contribution in [0.3, 0.4) is 0 Å². The summed E-state index contributed by atoms with van der Waals surface area (Å²) in [7, 11) is 3.89. The van der Waals surface area contributed by atoms with E-state index in [0.29, 0.717) is 5.95 Å². The SMILES string of the molecule is CN(C)c1ccc(Nc2ncc(C(=O)Nc3c(F)cccc3F)cn2)cc1. The van der Waals surface area contributed by atoms with Gasteiger partial charge in [-0.25, -0.2) is 18.7 Å². The molecule has 0 aliphatic heterocycles. The molecule has 1 amide bonds. The lowest BCUT2D eigenvalue weighted by atomic mass is 10.2. The third-order valence-corrected chi connectivity index (χ3v) is 3.76. The van der Waals surface area contributed by atoms with Crippen LogP contribution in [0.25, 0.3) is 0 Å². The van der Waals surface area contributed by atoms with Crippen LogP contribution >= 0.6 is 0 Å². The van der Waals surface area contributed by atoms with E-state index in [-0.39, 0.29) is 5.56 Å². The van der Waals surface area contributed by atoms with Crippen molar-refractivity contribution in [3.05, 3.63) is 72.1 Å². The molecule has 0 aliphatic carbocycles. The highest BCUT2D eigenvalue weighted by Crippen LogP contribution is 2.20. The number of nitrogens with zero attached hydrogens (tertiary/aromatic N) is 3. The summed E-state index contributed by atoms with van der Waals surface area (Å²) in [4.78, 5) is 22.2. The number of halogens is 2. The number of carbonyl (C=O) groups excluding carboxylic acids is 1. The third kappa shape index (κ3) is 4.35. The van der Waals surface area contributed by atoms with Crippen molar-refractivity contribution in [2.24, 2.45) is 0 Å². The molecule has 3 rings (SSSR count). The first-order valence-corrected chi connectivity index (χ1v) is 8.06. The van der Waals surface area contributed by atoms with E-state index in [1.165, 1.54) is 18.5 Å². The van der Waals surface area contributed by atoms with E-state index in [9.17, 15) is 13.6 Å². The molecular weight excluding hydrogens is 352 g/mol. The van der Waals surface area contributed by atoms with Crippen molar-refractivity contribution in [2.75, 3.05) is 29.6 Å². The van der Waals surface area contributed by atoms with Crippen molar-refractivity contribution in [3.63, 3.8) is 0 Å². The average molecular weight is 369 g/mol. The molecule has 1 aromatic heterocycles. The van der Waals surface area contributed by atoms with Gasteiger partial charge in [0.25, 0.3) is 5.91 Å². The smallest absolute Gasteiger partial charge is 0.258 e. The summed E-state index contributed by atoms with van der Waals surface area (Å²) in [6.07, 6.45) is 2.55. The van der Waals surface area contributed by atoms with Gasteiger partial charge in [-0.3, -0.25) is 4.79 Å². The summed E-state index contributed by atoms with van der Waals surface area (Å²) in [6, 6.07) is 11.0. The number of hydrogen-bond donors (Lipinski definition) is 2. The Morgan fingerprint density at radius 3 is 2.11 bits per heavy atom. The van der Waals surface area contributed by atoms with E-state index in [0.717, 1.165) is 23.5 Å². The van der Waals surface area contributed by atoms with Gasteiger partial charge in [0, 0.05) is 37.9 Å². The molecule has 0 radical (unpaired) electrons. The van der Waals surface area contributed by atoms with E-state index in [4.69, 9.17) is 0 Å². The molecule has 3 aromatic rings. The Morgan fingerprint density at radius 2 is 1.56 bits per heavy atom. The predicted molar refractivity (Wildman–Crippen MR) is 100 cm³/mol. The van der Waals surface area contributed by atoms with Crippen molar-refractivity contribution in [3.8, 4) is 0 Å². The lowest BCUT2D eigenvalue weighted by molar-refractivity contribution is 0.102. The summed E-state index contributed by atoms with van der Waals surface area (Å²) in [5.41, 5.74) is 1.40. The molecule has 0 aliphatic rings. The van der Waals surface area contributed by atoms with Gasteiger partial charge >= 0.3 is 0 Å². The zero-order chi connectivity index (χ0) is 19.4. The molecule has 2 N–H and O–H groups in total. The number of anilines is 4. The maximum absolute atomic E-state index is 13.6. The van der Waals surface area contributed by atoms with Gasteiger partial charge in [-0.15, -0.1) is 0 Å². The quantitative estimate of drug-likeness (QED) is 0.716. The van der Waals surface area contributed by atoms with Crippen LogP contribution in [0.2, 0.25) is 0 Å². The number of hydrogen-bond acceptors (Lipinski definition) is 5. The topological polar surface area (TPSA) is 70.2 Å². The molecule has 0 saturated heterocycles. The van der Waals surface area contributed by atoms with E-state index < -0.39 is 23.2 Å². The normalized spacial score (nSPS) is 10.4. The fourth-order valence-corrected chi connectivity index (χ4v) is 2.28. The Bertz CT molecular complexity index is 923. The van der Waals surface area contributed by atoms with Gasteiger partial charge in [-0.2, -0.15) is 0 Å². The van der Waals surface area contributed by atoms with Crippen LogP contribution < -0.4 is 15.5 Å². The van der Waals surface area contributed by atoms with Gasteiger partial charge in [0.2, 0.25) is 5.95 Å². The molecule has 0 unspecified atom stereocenters. The van der Waals surface area contributed by atoms with E-state index in [1.54, 1.807) is 0 Å².